The number of carbonyl (C=O) groups is 1. The summed E-state index contributed by atoms with van der Waals surface area (Å²) in [6.07, 6.45) is 1.16. The Morgan fingerprint density at radius 1 is 1.22 bits per heavy atom. The van der Waals surface area contributed by atoms with Gasteiger partial charge in [-0.3, -0.25) is 9.69 Å². The molecule has 23 heavy (non-hydrogen) atoms. The van der Waals surface area contributed by atoms with Crippen LogP contribution >= 0.6 is 0 Å². The van der Waals surface area contributed by atoms with E-state index in [9.17, 15) is 18.0 Å². The van der Waals surface area contributed by atoms with E-state index in [0.717, 1.165) is 38.3 Å². The molecule has 6 heteroatoms. The number of benzene rings is 1. The number of amides is 1. The molecule has 0 radical (unpaired) electrons. The zero-order valence-electron chi connectivity index (χ0n) is 13.3. The molecular formula is C17H23F3N2O. The minimum absolute atomic E-state index is 0.132. The Kier molecular flexibility index (Phi) is 6.04. The van der Waals surface area contributed by atoms with Gasteiger partial charge in [-0.15, -0.1) is 0 Å². The summed E-state index contributed by atoms with van der Waals surface area (Å²) in [6, 6.07) is 5.44. The van der Waals surface area contributed by atoms with Gasteiger partial charge in [0.05, 0.1) is 17.8 Å². The fourth-order valence-electron chi connectivity index (χ4n) is 3.16. The first kappa shape index (κ1) is 17.8. The molecular weight excluding hydrogens is 305 g/mol. The number of para-hydroxylation sites is 1. The van der Waals surface area contributed by atoms with Crippen molar-refractivity contribution < 1.29 is 18.0 Å². The molecule has 0 aromatic heterocycles. The van der Waals surface area contributed by atoms with E-state index in [1.807, 2.05) is 6.92 Å². The smallest absolute Gasteiger partial charge is 0.324 e. The summed E-state index contributed by atoms with van der Waals surface area (Å²) in [6.45, 7) is 2.83. The Hall–Kier alpha value is -1.56. The zero-order chi connectivity index (χ0) is 16.9. The molecule has 1 aromatic rings. The van der Waals surface area contributed by atoms with Crippen LogP contribution in [0.4, 0.5) is 18.9 Å². The van der Waals surface area contributed by atoms with Crippen LogP contribution in [0.2, 0.25) is 0 Å². The molecule has 0 heterocycles. The average molecular weight is 328 g/mol. The zero-order valence-corrected chi connectivity index (χ0v) is 13.3. The lowest BCUT2D eigenvalue weighted by Gasteiger charge is -2.33. The van der Waals surface area contributed by atoms with Gasteiger partial charge in [-0.1, -0.05) is 38.3 Å². The number of halogens is 3. The van der Waals surface area contributed by atoms with Crippen molar-refractivity contribution >= 4 is 11.6 Å². The molecule has 1 aliphatic rings. The molecule has 1 amide bonds. The molecule has 0 bridgehead atoms. The number of hydrogen-bond acceptors (Lipinski definition) is 2. The quantitative estimate of drug-likeness (QED) is 0.874. The minimum Gasteiger partial charge on any atom is -0.324 e. The van der Waals surface area contributed by atoms with Crippen LogP contribution in [-0.2, 0) is 11.0 Å². The van der Waals surface area contributed by atoms with E-state index in [1.54, 1.807) is 0 Å². The average Bonchev–Trinajstić information content (AvgIpc) is 2.53. The van der Waals surface area contributed by atoms with Crippen molar-refractivity contribution in [3.8, 4) is 0 Å². The van der Waals surface area contributed by atoms with Crippen molar-refractivity contribution in [1.29, 1.82) is 0 Å². The normalized spacial score (nSPS) is 16.6. The SMILES string of the molecule is CCN(CC(=O)Nc1ccccc1C(F)(F)F)C1CCCCC1. The molecule has 0 aliphatic heterocycles. The highest BCUT2D eigenvalue weighted by Gasteiger charge is 2.33. The molecule has 1 N–H and O–H groups in total. The predicted octanol–water partition coefficient (Wildman–Crippen LogP) is 4.30. The summed E-state index contributed by atoms with van der Waals surface area (Å²) >= 11 is 0. The van der Waals surface area contributed by atoms with Crippen LogP contribution in [0.25, 0.3) is 0 Å². The van der Waals surface area contributed by atoms with Gasteiger partial charge >= 0.3 is 6.18 Å². The Bertz CT molecular complexity index is 525. The Morgan fingerprint density at radius 2 is 1.87 bits per heavy atom. The summed E-state index contributed by atoms with van der Waals surface area (Å²) in [5.41, 5.74) is -0.987. The number of alkyl halides is 3. The molecule has 1 fully saturated rings. The van der Waals surface area contributed by atoms with E-state index >= 15 is 0 Å². The van der Waals surface area contributed by atoms with Crippen LogP contribution in [0.3, 0.4) is 0 Å². The molecule has 2 rings (SSSR count). The Morgan fingerprint density at radius 3 is 2.48 bits per heavy atom. The first-order chi connectivity index (χ1) is 10.9. The predicted molar refractivity (Wildman–Crippen MR) is 84.2 cm³/mol. The Labute approximate surface area is 134 Å². The number of rotatable bonds is 5. The Balaban J connectivity index is 2.01. The number of likely N-dealkylation sites (N-methyl/N-ethyl adjacent to an activating group) is 1. The molecule has 3 nitrogen and oxygen atoms in total. The van der Waals surface area contributed by atoms with Crippen molar-refractivity contribution in [2.24, 2.45) is 0 Å². The second-order valence-corrected chi connectivity index (χ2v) is 5.95. The first-order valence-electron chi connectivity index (χ1n) is 8.12. The van der Waals surface area contributed by atoms with Crippen molar-refractivity contribution in [3.05, 3.63) is 29.8 Å². The molecule has 0 atom stereocenters. The summed E-state index contributed by atoms with van der Waals surface area (Å²) in [5, 5.41) is 2.42. The maximum absolute atomic E-state index is 13.0. The van der Waals surface area contributed by atoms with E-state index in [2.05, 4.69) is 10.2 Å². The summed E-state index contributed by atoms with van der Waals surface area (Å²) in [4.78, 5) is 14.2. The van der Waals surface area contributed by atoms with Crippen molar-refractivity contribution in [2.75, 3.05) is 18.4 Å². The molecule has 0 spiro atoms. The van der Waals surface area contributed by atoms with Crippen molar-refractivity contribution in [1.82, 2.24) is 4.90 Å². The number of hydrogen-bond donors (Lipinski definition) is 1. The van der Waals surface area contributed by atoms with E-state index in [1.165, 1.54) is 24.6 Å². The van der Waals surface area contributed by atoms with Crippen molar-refractivity contribution in [2.45, 2.75) is 51.2 Å². The van der Waals surface area contributed by atoms with E-state index in [0.29, 0.717) is 6.04 Å². The lowest BCUT2D eigenvalue weighted by atomic mass is 9.94. The third kappa shape index (κ3) is 4.96. The standard InChI is InChI=1S/C17H23F3N2O/c1-2-22(13-8-4-3-5-9-13)12-16(23)21-15-11-7-6-10-14(15)17(18,19)20/h6-7,10-11,13H,2-5,8-9,12H2,1H3,(H,21,23). The second kappa shape index (κ2) is 7.81. The largest absolute Gasteiger partial charge is 0.418 e. The summed E-state index contributed by atoms with van der Waals surface area (Å²) in [5.74, 6) is -0.394. The van der Waals surface area contributed by atoms with Gasteiger partial charge in [-0.05, 0) is 31.5 Å². The fraction of sp³-hybridized carbons (Fsp3) is 0.588. The maximum Gasteiger partial charge on any atom is 0.418 e. The van der Waals surface area contributed by atoms with E-state index < -0.39 is 17.6 Å². The topological polar surface area (TPSA) is 32.3 Å². The van der Waals surface area contributed by atoms with Crippen LogP contribution in [0.5, 0.6) is 0 Å². The van der Waals surface area contributed by atoms with Gasteiger partial charge < -0.3 is 5.32 Å². The van der Waals surface area contributed by atoms with Gasteiger partial charge in [0.25, 0.3) is 0 Å². The van der Waals surface area contributed by atoms with Crippen LogP contribution in [0.15, 0.2) is 24.3 Å². The highest BCUT2D eigenvalue weighted by Crippen LogP contribution is 2.34. The minimum atomic E-state index is -4.47. The summed E-state index contributed by atoms with van der Waals surface area (Å²) < 4.78 is 38.9. The van der Waals surface area contributed by atoms with E-state index in [-0.39, 0.29) is 12.2 Å². The maximum atomic E-state index is 13.0. The highest BCUT2D eigenvalue weighted by molar-refractivity contribution is 5.93. The van der Waals surface area contributed by atoms with Crippen molar-refractivity contribution in [3.63, 3.8) is 0 Å². The molecule has 1 aliphatic carbocycles. The van der Waals surface area contributed by atoms with Crippen LogP contribution in [-0.4, -0.2) is 29.9 Å². The summed E-state index contributed by atoms with van der Waals surface area (Å²) in [7, 11) is 0. The first-order valence-corrected chi connectivity index (χ1v) is 8.12. The number of carbonyl (C=O) groups excluding carboxylic acids is 1. The molecule has 1 saturated carbocycles. The fourth-order valence-corrected chi connectivity index (χ4v) is 3.16. The number of nitrogens with zero attached hydrogens (tertiary/aromatic N) is 1. The van der Waals surface area contributed by atoms with Gasteiger partial charge in [0, 0.05) is 6.04 Å². The lowest BCUT2D eigenvalue weighted by molar-refractivity contribution is -0.137. The second-order valence-electron chi connectivity index (χ2n) is 5.95. The van der Waals surface area contributed by atoms with Gasteiger partial charge in [0.1, 0.15) is 0 Å². The van der Waals surface area contributed by atoms with Crippen LogP contribution < -0.4 is 5.32 Å². The number of anilines is 1. The molecule has 128 valence electrons. The van der Waals surface area contributed by atoms with Crippen LogP contribution in [0, 0.1) is 0 Å². The van der Waals surface area contributed by atoms with Gasteiger partial charge in [-0.25, -0.2) is 0 Å². The monoisotopic (exact) mass is 328 g/mol. The van der Waals surface area contributed by atoms with Gasteiger partial charge in [0.2, 0.25) is 5.91 Å². The van der Waals surface area contributed by atoms with Gasteiger partial charge in [0.15, 0.2) is 0 Å². The van der Waals surface area contributed by atoms with Gasteiger partial charge in [-0.2, -0.15) is 13.2 Å². The highest BCUT2D eigenvalue weighted by atomic mass is 19.4. The molecule has 1 aromatic carbocycles. The number of nitrogens with one attached hydrogen (secondary N) is 1. The lowest BCUT2D eigenvalue weighted by Crippen LogP contribution is -2.41. The third-order valence-electron chi connectivity index (χ3n) is 4.35. The molecule has 0 saturated heterocycles. The van der Waals surface area contributed by atoms with E-state index in [4.69, 9.17) is 0 Å². The molecule has 0 unspecified atom stereocenters. The van der Waals surface area contributed by atoms with Crippen LogP contribution in [0.1, 0.15) is 44.6 Å². The third-order valence-corrected chi connectivity index (χ3v) is 4.35.